The summed E-state index contributed by atoms with van der Waals surface area (Å²) in [6.07, 6.45) is -0.655. The Morgan fingerprint density at radius 1 is 1.22 bits per heavy atom. The molecule has 6 nitrogen and oxygen atoms in total. The van der Waals surface area contributed by atoms with E-state index in [1.54, 1.807) is 19.1 Å². The van der Waals surface area contributed by atoms with Gasteiger partial charge in [0.25, 0.3) is 5.91 Å². The van der Waals surface area contributed by atoms with Crippen molar-refractivity contribution in [2.45, 2.75) is 33.4 Å². The highest BCUT2D eigenvalue weighted by Gasteiger charge is 2.17. The molecule has 7 heteroatoms. The minimum absolute atomic E-state index is 0.108. The van der Waals surface area contributed by atoms with Gasteiger partial charge in [0.2, 0.25) is 11.7 Å². The molecule has 140 valence electrons. The third-order valence-electron chi connectivity index (χ3n) is 4.16. The van der Waals surface area contributed by atoms with Gasteiger partial charge in [0.05, 0.1) is 11.6 Å². The van der Waals surface area contributed by atoms with E-state index in [-0.39, 0.29) is 18.3 Å². The van der Waals surface area contributed by atoms with Crippen molar-refractivity contribution in [3.8, 4) is 17.1 Å². The molecule has 0 bridgehead atoms. The normalized spacial score (nSPS) is 11.9. The van der Waals surface area contributed by atoms with Crippen LogP contribution in [0.15, 0.2) is 47.0 Å². The third-order valence-corrected chi connectivity index (χ3v) is 4.49. The number of hydrogen-bond acceptors (Lipinski definition) is 5. The van der Waals surface area contributed by atoms with Crippen LogP contribution in [0.1, 0.15) is 23.9 Å². The number of hydrogen-bond donors (Lipinski definition) is 1. The van der Waals surface area contributed by atoms with Crippen LogP contribution in [0, 0.1) is 13.8 Å². The molecule has 0 aliphatic heterocycles. The van der Waals surface area contributed by atoms with Crippen molar-refractivity contribution in [3.63, 3.8) is 0 Å². The number of rotatable bonds is 6. The van der Waals surface area contributed by atoms with Gasteiger partial charge in [-0.2, -0.15) is 4.98 Å². The van der Waals surface area contributed by atoms with Crippen LogP contribution >= 0.6 is 11.6 Å². The number of amides is 1. The van der Waals surface area contributed by atoms with Gasteiger partial charge in [-0.1, -0.05) is 35.0 Å². The molecule has 0 saturated heterocycles. The average molecular weight is 386 g/mol. The zero-order valence-electron chi connectivity index (χ0n) is 15.3. The molecular formula is C20H20ClN3O3. The lowest BCUT2D eigenvalue weighted by Gasteiger charge is -2.15. The second-order valence-corrected chi connectivity index (χ2v) is 6.62. The van der Waals surface area contributed by atoms with Crippen molar-refractivity contribution in [1.29, 1.82) is 0 Å². The summed E-state index contributed by atoms with van der Waals surface area (Å²) in [5.74, 6) is 1.05. The van der Waals surface area contributed by atoms with Gasteiger partial charge in [-0.15, -0.1) is 0 Å². The van der Waals surface area contributed by atoms with Crippen LogP contribution in [0.5, 0.6) is 5.75 Å². The summed E-state index contributed by atoms with van der Waals surface area (Å²) in [6, 6.07) is 12.9. The van der Waals surface area contributed by atoms with E-state index in [4.69, 9.17) is 20.9 Å². The maximum Gasteiger partial charge on any atom is 0.261 e. The molecular weight excluding hydrogens is 366 g/mol. The van der Waals surface area contributed by atoms with Gasteiger partial charge in [0.15, 0.2) is 6.10 Å². The fourth-order valence-corrected chi connectivity index (χ4v) is 2.65. The number of ether oxygens (including phenoxy) is 1. The summed E-state index contributed by atoms with van der Waals surface area (Å²) in [6.45, 7) is 5.82. The summed E-state index contributed by atoms with van der Waals surface area (Å²) < 4.78 is 10.9. The lowest BCUT2D eigenvalue weighted by Crippen LogP contribution is -2.36. The second kappa shape index (κ2) is 8.22. The summed E-state index contributed by atoms with van der Waals surface area (Å²) in [7, 11) is 0. The average Bonchev–Trinajstić information content (AvgIpc) is 3.12. The molecule has 0 spiro atoms. The molecule has 0 fully saturated rings. The van der Waals surface area contributed by atoms with Crippen molar-refractivity contribution >= 4 is 17.5 Å². The zero-order chi connectivity index (χ0) is 19.4. The van der Waals surface area contributed by atoms with Crippen molar-refractivity contribution in [2.75, 3.05) is 0 Å². The standard InChI is InChI=1S/C20H20ClN3O3/c1-12-8-9-15(10-13(12)2)26-14(3)20(25)22-11-18-23-19(24-27-18)16-6-4-5-7-17(16)21/h4-10,14H,11H2,1-3H3,(H,22,25)/t14-/m1/s1. The second-order valence-electron chi connectivity index (χ2n) is 6.22. The Hall–Kier alpha value is -2.86. The largest absolute Gasteiger partial charge is 0.481 e. The van der Waals surface area contributed by atoms with Gasteiger partial charge in [0, 0.05) is 5.56 Å². The first-order valence-electron chi connectivity index (χ1n) is 8.53. The Bertz CT molecular complexity index is 955. The predicted molar refractivity (Wildman–Crippen MR) is 103 cm³/mol. The molecule has 1 atom stereocenters. The predicted octanol–water partition coefficient (Wildman–Crippen LogP) is 4.09. The number of aryl methyl sites for hydroxylation is 2. The number of nitrogens with zero attached hydrogens (tertiary/aromatic N) is 2. The molecule has 0 saturated carbocycles. The highest BCUT2D eigenvalue weighted by molar-refractivity contribution is 6.33. The van der Waals surface area contributed by atoms with E-state index in [9.17, 15) is 4.79 Å². The summed E-state index contributed by atoms with van der Waals surface area (Å²) in [5.41, 5.74) is 2.95. The molecule has 1 aromatic heterocycles. The monoisotopic (exact) mass is 385 g/mol. The van der Waals surface area contributed by atoms with Crippen molar-refractivity contribution in [2.24, 2.45) is 0 Å². The van der Waals surface area contributed by atoms with Crippen LogP contribution in [-0.4, -0.2) is 22.2 Å². The summed E-state index contributed by atoms with van der Waals surface area (Å²) in [4.78, 5) is 16.5. The number of carbonyl (C=O) groups excluding carboxylic acids is 1. The van der Waals surface area contributed by atoms with Crippen molar-refractivity contribution < 1.29 is 14.1 Å². The Kier molecular flexibility index (Phi) is 5.76. The van der Waals surface area contributed by atoms with E-state index in [2.05, 4.69) is 15.5 Å². The SMILES string of the molecule is Cc1ccc(O[C@H](C)C(=O)NCc2nc(-c3ccccc3Cl)no2)cc1C. The molecule has 3 aromatic rings. The number of nitrogens with one attached hydrogen (secondary N) is 1. The van der Waals surface area contributed by atoms with E-state index in [1.807, 2.05) is 44.2 Å². The summed E-state index contributed by atoms with van der Waals surface area (Å²) in [5, 5.41) is 7.17. The molecule has 0 aliphatic rings. The molecule has 1 N–H and O–H groups in total. The lowest BCUT2D eigenvalue weighted by molar-refractivity contribution is -0.127. The quantitative estimate of drug-likeness (QED) is 0.691. The Morgan fingerprint density at radius 3 is 2.74 bits per heavy atom. The van der Waals surface area contributed by atoms with Gasteiger partial charge in [0.1, 0.15) is 5.75 Å². The number of aromatic nitrogens is 2. The number of carbonyl (C=O) groups is 1. The molecule has 1 amide bonds. The van der Waals surface area contributed by atoms with Crippen molar-refractivity contribution in [3.05, 3.63) is 64.5 Å². The van der Waals surface area contributed by atoms with E-state index < -0.39 is 6.10 Å². The molecule has 0 radical (unpaired) electrons. The van der Waals surface area contributed by atoms with Crippen LogP contribution in [0.2, 0.25) is 5.02 Å². The minimum Gasteiger partial charge on any atom is -0.481 e. The van der Waals surface area contributed by atoms with Crippen LogP contribution in [-0.2, 0) is 11.3 Å². The maximum atomic E-state index is 12.3. The van der Waals surface area contributed by atoms with Gasteiger partial charge in [-0.05, 0) is 56.2 Å². The van der Waals surface area contributed by atoms with E-state index >= 15 is 0 Å². The highest BCUT2D eigenvalue weighted by Crippen LogP contribution is 2.24. The van der Waals surface area contributed by atoms with Crippen LogP contribution in [0.4, 0.5) is 0 Å². The number of halogens is 1. The summed E-state index contributed by atoms with van der Waals surface area (Å²) >= 11 is 6.13. The van der Waals surface area contributed by atoms with E-state index in [0.717, 1.165) is 5.56 Å². The third kappa shape index (κ3) is 4.65. The molecule has 1 heterocycles. The molecule has 3 rings (SSSR count). The topological polar surface area (TPSA) is 77.2 Å². The fourth-order valence-electron chi connectivity index (χ4n) is 2.43. The fraction of sp³-hybridized carbons (Fsp3) is 0.250. The van der Waals surface area contributed by atoms with Crippen LogP contribution < -0.4 is 10.1 Å². The first kappa shape index (κ1) is 18.9. The Labute approximate surface area is 162 Å². The lowest BCUT2D eigenvalue weighted by atomic mass is 10.1. The smallest absolute Gasteiger partial charge is 0.261 e. The van der Waals surface area contributed by atoms with Gasteiger partial charge >= 0.3 is 0 Å². The molecule has 0 aliphatic carbocycles. The van der Waals surface area contributed by atoms with Gasteiger partial charge in [-0.3, -0.25) is 4.79 Å². The number of benzene rings is 2. The van der Waals surface area contributed by atoms with Crippen LogP contribution in [0.3, 0.4) is 0 Å². The Balaban J connectivity index is 1.57. The maximum absolute atomic E-state index is 12.3. The molecule has 27 heavy (non-hydrogen) atoms. The van der Waals surface area contributed by atoms with Crippen LogP contribution in [0.25, 0.3) is 11.4 Å². The highest BCUT2D eigenvalue weighted by atomic mass is 35.5. The first-order valence-corrected chi connectivity index (χ1v) is 8.91. The first-order chi connectivity index (χ1) is 12.9. The van der Waals surface area contributed by atoms with Gasteiger partial charge in [-0.25, -0.2) is 0 Å². The zero-order valence-corrected chi connectivity index (χ0v) is 16.1. The minimum atomic E-state index is -0.655. The molecule has 2 aromatic carbocycles. The van der Waals surface area contributed by atoms with Crippen molar-refractivity contribution in [1.82, 2.24) is 15.5 Å². The van der Waals surface area contributed by atoms with Gasteiger partial charge < -0.3 is 14.6 Å². The van der Waals surface area contributed by atoms with E-state index in [0.29, 0.717) is 22.2 Å². The van der Waals surface area contributed by atoms with E-state index in [1.165, 1.54) is 5.56 Å². The molecule has 0 unspecified atom stereocenters. The Morgan fingerprint density at radius 2 is 2.00 bits per heavy atom.